The molecule has 180 valence electrons. The van der Waals surface area contributed by atoms with Gasteiger partial charge in [-0.25, -0.2) is 4.39 Å². The van der Waals surface area contributed by atoms with Crippen molar-refractivity contribution in [3.8, 4) is 23.0 Å². The van der Waals surface area contributed by atoms with Crippen LogP contribution in [-0.4, -0.2) is 43.3 Å². The average Bonchev–Trinajstić information content (AvgIpc) is 2.88. The Hall–Kier alpha value is -4.04. The third-order valence-corrected chi connectivity index (χ3v) is 6.22. The monoisotopic (exact) mass is 476 g/mol. The molecule has 35 heavy (non-hydrogen) atoms. The quantitative estimate of drug-likeness (QED) is 0.430. The van der Waals surface area contributed by atoms with Gasteiger partial charge in [0.05, 0.1) is 23.7 Å². The Bertz CT molecular complexity index is 1400. The summed E-state index contributed by atoms with van der Waals surface area (Å²) in [4.78, 5) is 17.3. The van der Waals surface area contributed by atoms with E-state index in [1.807, 2.05) is 11.0 Å². The van der Waals surface area contributed by atoms with E-state index in [2.05, 4.69) is 4.90 Å². The number of halogens is 1. The summed E-state index contributed by atoms with van der Waals surface area (Å²) in [5, 5.41) is 10.9. The number of hydrogen-bond acceptors (Lipinski definition) is 7. The first-order valence-electron chi connectivity index (χ1n) is 11.3. The minimum atomic E-state index is -0.326. The van der Waals surface area contributed by atoms with E-state index in [9.17, 15) is 14.3 Å². The molecule has 0 saturated carbocycles. The standard InChI is InChI=1S/C27H25FN2O5/c1-33-18-6-8-19(9-7-18)35-25-17-34-27-20(26(25)32)10-11-24(31)21(27)16-29-12-14-30(15-13-29)23-5-3-2-4-22(23)28/h2-11,17,31H,12-16H2,1H3. The van der Waals surface area contributed by atoms with Crippen molar-refractivity contribution >= 4 is 16.7 Å². The molecule has 4 aromatic rings. The van der Waals surface area contributed by atoms with Crippen LogP contribution in [0, 0.1) is 5.82 Å². The van der Waals surface area contributed by atoms with Crippen LogP contribution in [0.5, 0.6) is 23.0 Å². The molecule has 1 fully saturated rings. The molecule has 3 aromatic carbocycles. The number of hydrogen-bond donors (Lipinski definition) is 1. The van der Waals surface area contributed by atoms with Crippen molar-refractivity contribution in [2.24, 2.45) is 0 Å². The van der Waals surface area contributed by atoms with E-state index in [0.29, 0.717) is 66.4 Å². The Kier molecular flexibility index (Phi) is 6.29. The van der Waals surface area contributed by atoms with Gasteiger partial charge in [-0.3, -0.25) is 9.69 Å². The third-order valence-electron chi connectivity index (χ3n) is 6.22. The second-order valence-electron chi connectivity index (χ2n) is 8.36. The van der Waals surface area contributed by atoms with Crippen LogP contribution in [0.2, 0.25) is 0 Å². The number of benzene rings is 3. The van der Waals surface area contributed by atoms with Gasteiger partial charge in [0, 0.05) is 32.7 Å². The Morgan fingerprint density at radius 1 is 0.971 bits per heavy atom. The molecule has 0 amide bonds. The maximum absolute atomic E-state index is 14.1. The molecule has 0 atom stereocenters. The number of aromatic hydroxyl groups is 1. The van der Waals surface area contributed by atoms with Crippen LogP contribution in [-0.2, 0) is 6.54 Å². The molecule has 1 aliphatic heterocycles. The number of ether oxygens (including phenoxy) is 2. The maximum atomic E-state index is 14.1. The minimum Gasteiger partial charge on any atom is -0.507 e. The Labute approximate surface area is 201 Å². The van der Waals surface area contributed by atoms with Gasteiger partial charge < -0.3 is 23.9 Å². The number of para-hydroxylation sites is 1. The fourth-order valence-corrected chi connectivity index (χ4v) is 4.30. The first-order valence-corrected chi connectivity index (χ1v) is 11.3. The highest BCUT2D eigenvalue weighted by Gasteiger charge is 2.22. The summed E-state index contributed by atoms with van der Waals surface area (Å²) < 4.78 is 30.8. The predicted molar refractivity (Wildman–Crippen MR) is 131 cm³/mol. The van der Waals surface area contributed by atoms with Crippen molar-refractivity contribution < 1.29 is 23.4 Å². The molecule has 2 heterocycles. The summed E-state index contributed by atoms with van der Waals surface area (Å²) in [6.07, 6.45) is 1.27. The lowest BCUT2D eigenvalue weighted by atomic mass is 10.1. The van der Waals surface area contributed by atoms with Crippen molar-refractivity contribution in [1.29, 1.82) is 0 Å². The molecule has 1 saturated heterocycles. The van der Waals surface area contributed by atoms with Crippen LogP contribution in [0.1, 0.15) is 5.56 Å². The number of fused-ring (bicyclic) bond motifs is 1. The lowest BCUT2D eigenvalue weighted by Crippen LogP contribution is -2.46. The van der Waals surface area contributed by atoms with Gasteiger partial charge in [0.15, 0.2) is 0 Å². The van der Waals surface area contributed by atoms with E-state index < -0.39 is 0 Å². The zero-order valence-electron chi connectivity index (χ0n) is 19.2. The first-order chi connectivity index (χ1) is 17.0. The summed E-state index contributed by atoms with van der Waals surface area (Å²) in [6, 6.07) is 16.7. The molecule has 1 N–H and O–H groups in total. The second kappa shape index (κ2) is 9.68. The molecule has 8 heteroatoms. The number of nitrogens with zero attached hydrogens (tertiary/aromatic N) is 2. The number of phenols is 1. The molecular weight excluding hydrogens is 451 g/mol. The SMILES string of the molecule is COc1ccc(Oc2coc3c(CN4CCN(c5ccccc5F)CC4)c(O)ccc3c2=O)cc1. The van der Waals surface area contributed by atoms with Crippen LogP contribution in [0.15, 0.2) is 76.1 Å². The summed E-state index contributed by atoms with van der Waals surface area (Å²) >= 11 is 0. The number of rotatable bonds is 6. The van der Waals surface area contributed by atoms with E-state index >= 15 is 0 Å². The van der Waals surface area contributed by atoms with Gasteiger partial charge in [-0.2, -0.15) is 0 Å². The fraction of sp³-hybridized carbons (Fsp3) is 0.222. The van der Waals surface area contributed by atoms with Crippen LogP contribution in [0.25, 0.3) is 11.0 Å². The second-order valence-corrected chi connectivity index (χ2v) is 8.36. The summed E-state index contributed by atoms with van der Waals surface area (Å²) in [7, 11) is 1.57. The summed E-state index contributed by atoms with van der Waals surface area (Å²) in [5.41, 5.74) is 1.13. The fourth-order valence-electron chi connectivity index (χ4n) is 4.30. The van der Waals surface area contributed by atoms with Crippen molar-refractivity contribution in [3.63, 3.8) is 0 Å². The predicted octanol–water partition coefficient (Wildman–Crippen LogP) is 4.76. The molecular formula is C27H25FN2O5. The van der Waals surface area contributed by atoms with Crippen LogP contribution in [0.3, 0.4) is 0 Å². The number of piperazine rings is 1. The van der Waals surface area contributed by atoms with Gasteiger partial charge >= 0.3 is 0 Å². The van der Waals surface area contributed by atoms with Crippen molar-refractivity contribution in [2.75, 3.05) is 38.2 Å². The van der Waals surface area contributed by atoms with Gasteiger partial charge in [-0.1, -0.05) is 12.1 Å². The largest absolute Gasteiger partial charge is 0.507 e. The van der Waals surface area contributed by atoms with Gasteiger partial charge in [0.1, 0.15) is 34.9 Å². The zero-order chi connectivity index (χ0) is 24.4. The number of methoxy groups -OCH3 is 1. The lowest BCUT2D eigenvalue weighted by Gasteiger charge is -2.36. The third kappa shape index (κ3) is 4.65. The topological polar surface area (TPSA) is 75.4 Å². The average molecular weight is 477 g/mol. The Morgan fingerprint density at radius 2 is 1.69 bits per heavy atom. The highest BCUT2D eigenvalue weighted by atomic mass is 19.1. The van der Waals surface area contributed by atoms with E-state index in [4.69, 9.17) is 13.9 Å². The molecule has 0 aliphatic carbocycles. The molecule has 5 rings (SSSR count). The Morgan fingerprint density at radius 3 is 2.40 bits per heavy atom. The van der Waals surface area contributed by atoms with Crippen molar-refractivity contribution in [3.05, 3.63) is 88.5 Å². The van der Waals surface area contributed by atoms with E-state index in [1.54, 1.807) is 43.5 Å². The number of phenolic OH excluding ortho intramolecular Hbond substituents is 1. The van der Waals surface area contributed by atoms with Crippen molar-refractivity contribution in [1.82, 2.24) is 4.90 Å². The van der Waals surface area contributed by atoms with Gasteiger partial charge in [-0.05, 0) is 48.5 Å². The van der Waals surface area contributed by atoms with E-state index in [0.717, 1.165) is 0 Å². The molecule has 7 nitrogen and oxygen atoms in total. The van der Waals surface area contributed by atoms with Gasteiger partial charge in [-0.15, -0.1) is 0 Å². The summed E-state index contributed by atoms with van der Waals surface area (Å²) in [5.74, 6) is 1.03. The van der Waals surface area contributed by atoms with Crippen LogP contribution in [0.4, 0.5) is 10.1 Å². The smallest absolute Gasteiger partial charge is 0.235 e. The highest BCUT2D eigenvalue weighted by molar-refractivity contribution is 5.83. The summed E-state index contributed by atoms with van der Waals surface area (Å²) in [6.45, 7) is 3.04. The van der Waals surface area contributed by atoms with E-state index in [-0.39, 0.29) is 22.7 Å². The van der Waals surface area contributed by atoms with Crippen LogP contribution < -0.4 is 19.8 Å². The normalized spacial score (nSPS) is 14.3. The molecule has 0 bridgehead atoms. The molecule has 0 radical (unpaired) electrons. The van der Waals surface area contributed by atoms with Crippen LogP contribution >= 0.6 is 0 Å². The first kappa shape index (κ1) is 22.7. The van der Waals surface area contributed by atoms with E-state index in [1.165, 1.54) is 24.5 Å². The molecule has 0 unspecified atom stereocenters. The van der Waals surface area contributed by atoms with Crippen molar-refractivity contribution in [2.45, 2.75) is 6.54 Å². The van der Waals surface area contributed by atoms with Gasteiger partial charge in [0.2, 0.25) is 11.2 Å². The highest BCUT2D eigenvalue weighted by Crippen LogP contribution is 2.30. The molecule has 1 aliphatic rings. The molecule has 0 spiro atoms. The molecule has 1 aromatic heterocycles. The lowest BCUT2D eigenvalue weighted by molar-refractivity contribution is 0.246. The Balaban J connectivity index is 1.35. The number of anilines is 1. The zero-order valence-corrected chi connectivity index (χ0v) is 19.2. The minimum absolute atomic E-state index is 0.0535. The van der Waals surface area contributed by atoms with Gasteiger partial charge in [0.25, 0.3) is 0 Å². The maximum Gasteiger partial charge on any atom is 0.235 e.